The molecule has 0 radical (unpaired) electrons. The predicted octanol–water partition coefficient (Wildman–Crippen LogP) is 5.87. The van der Waals surface area contributed by atoms with Gasteiger partial charge in [0.2, 0.25) is 0 Å². The summed E-state index contributed by atoms with van der Waals surface area (Å²) in [5.74, 6) is 0.635. The van der Waals surface area contributed by atoms with Crippen LogP contribution in [0.25, 0.3) is 23.0 Å². The van der Waals surface area contributed by atoms with Gasteiger partial charge in [-0.05, 0) is 79.9 Å². The fourth-order valence-electron chi connectivity index (χ4n) is 4.30. The number of benzene rings is 2. The minimum atomic E-state index is -0.182. The smallest absolute Gasteiger partial charge is 0.286 e. The first-order valence-electron chi connectivity index (χ1n) is 11.9. The average molecular weight is 485 g/mol. The number of aliphatic imine (C=N–C) groups is 1. The van der Waals surface area contributed by atoms with E-state index in [1.807, 2.05) is 66.3 Å². The summed E-state index contributed by atoms with van der Waals surface area (Å²) in [5.41, 5.74) is 4.61. The second-order valence-electron chi connectivity index (χ2n) is 8.65. The summed E-state index contributed by atoms with van der Waals surface area (Å²) in [6.07, 6.45) is 9.16. The highest BCUT2D eigenvalue weighted by Crippen LogP contribution is 2.35. The van der Waals surface area contributed by atoms with Crippen LogP contribution >= 0.6 is 11.8 Å². The van der Waals surface area contributed by atoms with Gasteiger partial charge in [-0.2, -0.15) is 10.1 Å². The molecule has 2 aliphatic heterocycles. The maximum atomic E-state index is 12.8. The normalized spacial score (nSPS) is 17.1. The van der Waals surface area contributed by atoms with Gasteiger partial charge in [0.25, 0.3) is 5.91 Å². The van der Waals surface area contributed by atoms with E-state index in [9.17, 15) is 4.79 Å². The van der Waals surface area contributed by atoms with Gasteiger partial charge in [0, 0.05) is 30.4 Å². The van der Waals surface area contributed by atoms with Crippen molar-refractivity contribution in [1.29, 1.82) is 0 Å². The van der Waals surface area contributed by atoms with Crippen molar-refractivity contribution in [3.8, 4) is 22.7 Å². The molecule has 3 heterocycles. The maximum absolute atomic E-state index is 12.8. The number of amidine groups is 1. The highest BCUT2D eigenvalue weighted by molar-refractivity contribution is 8.18. The molecule has 0 N–H and O–H groups in total. The van der Waals surface area contributed by atoms with E-state index in [1.165, 1.54) is 18.2 Å². The lowest BCUT2D eigenvalue weighted by atomic mass is 10.0. The molecule has 5 rings (SSSR count). The van der Waals surface area contributed by atoms with Crippen LogP contribution < -0.4 is 4.74 Å². The first-order chi connectivity index (χ1) is 17.1. The van der Waals surface area contributed by atoms with Gasteiger partial charge in [-0.1, -0.05) is 30.9 Å². The topological polar surface area (TPSA) is 59.7 Å². The molecule has 1 saturated heterocycles. The number of carbonyl (C=O) groups is 1. The quantitative estimate of drug-likeness (QED) is 0.324. The number of hydrogen-bond acceptors (Lipinski definition) is 5. The van der Waals surface area contributed by atoms with Gasteiger partial charge < -0.3 is 9.64 Å². The zero-order chi connectivity index (χ0) is 24.2. The first kappa shape index (κ1) is 23.2. The summed E-state index contributed by atoms with van der Waals surface area (Å²) >= 11 is 1.46. The minimum Gasteiger partial charge on any atom is -0.489 e. The van der Waals surface area contributed by atoms with E-state index in [0.717, 1.165) is 64.9 Å². The van der Waals surface area contributed by atoms with Gasteiger partial charge in [0.1, 0.15) is 18.1 Å². The number of thioether (sulfide) groups is 1. The van der Waals surface area contributed by atoms with E-state index in [2.05, 4.69) is 22.5 Å². The lowest BCUT2D eigenvalue weighted by Gasteiger charge is -2.27. The molecule has 0 aliphatic carbocycles. The zero-order valence-corrected chi connectivity index (χ0v) is 20.6. The largest absolute Gasteiger partial charge is 0.489 e. The van der Waals surface area contributed by atoms with Crippen molar-refractivity contribution >= 4 is 28.9 Å². The Balaban J connectivity index is 1.51. The van der Waals surface area contributed by atoms with E-state index in [0.29, 0.717) is 11.5 Å². The van der Waals surface area contributed by atoms with Gasteiger partial charge in [-0.15, -0.1) is 0 Å². The van der Waals surface area contributed by atoms with Crippen molar-refractivity contribution in [3.63, 3.8) is 0 Å². The summed E-state index contributed by atoms with van der Waals surface area (Å²) < 4.78 is 7.61. The molecule has 178 valence electrons. The number of likely N-dealkylation sites (tertiary alicyclic amines) is 1. The Bertz CT molecular complexity index is 1300. The Hall–Kier alpha value is -3.58. The number of nitrogens with zero attached hydrogens (tertiary/aromatic N) is 4. The van der Waals surface area contributed by atoms with Crippen LogP contribution in [-0.2, 0) is 4.79 Å². The van der Waals surface area contributed by atoms with Gasteiger partial charge in [-0.3, -0.25) is 4.79 Å². The molecule has 1 fully saturated rings. The molecule has 2 aliphatic rings. The van der Waals surface area contributed by atoms with Gasteiger partial charge >= 0.3 is 0 Å². The molecule has 0 atom stereocenters. The molecule has 0 bridgehead atoms. The van der Waals surface area contributed by atoms with Crippen LogP contribution in [0, 0.1) is 6.92 Å². The minimum absolute atomic E-state index is 0.182. The number of rotatable bonds is 6. The molecular weight excluding hydrogens is 456 g/mol. The van der Waals surface area contributed by atoms with Crippen molar-refractivity contribution in [2.75, 3.05) is 19.7 Å². The SMILES string of the molecule is C=CCOc1ccc(-c2nn(-c3ccccc3)cc2/C=C2/SC(N3CCCCC3)=NC2=O)cc1C. The van der Waals surface area contributed by atoms with Crippen LogP contribution in [0.3, 0.4) is 0 Å². The average Bonchev–Trinajstić information content (AvgIpc) is 3.48. The lowest BCUT2D eigenvalue weighted by Crippen LogP contribution is -2.33. The molecule has 6 nitrogen and oxygen atoms in total. The molecule has 0 unspecified atom stereocenters. The molecule has 1 amide bonds. The Morgan fingerprint density at radius 3 is 2.66 bits per heavy atom. The Labute approximate surface area is 210 Å². The number of para-hydroxylation sites is 1. The molecule has 0 spiro atoms. The van der Waals surface area contributed by atoms with E-state index in [1.54, 1.807) is 6.08 Å². The second kappa shape index (κ2) is 10.4. The van der Waals surface area contributed by atoms with Gasteiger partial charge in [-0.25, -0.2) is 4.68 Å². The summed E-state index contributed by atoms with van der Waals surface area (Å²) in [7, 11) is 0. The number of ether oxygens (including phenoxy) is 1. The Kier molecular flexibility index (Phi) is 6.86. The predicted molar refractivity (Wildman–Crippen MR) is 143 cm³/mol. The first-order valence-corrected chi connectivity index (χ1v) is 12.7. The standard InChI is InChI=1S/C28H28N4O2S/c1-3-16-34-24-13-12-21(17-20(24)2)26-22(19-32(30-26)23-10-6-4-7-11-23)18-25-27(33)29-28(35-25)31-14-8-5-9-15-31/h3-4,6-7,10-13,17-19H,1,5,8-9,14-16H2,2H3/b25-18+. The van der Waals surface area contributed by atoms with Crippen LogP contribution in [0.2, 0.25) is 0 Å². The third kappa shape index (κ3) is 5.10. The van der Waals surface area contributed by atoms with E-state index >= 15 is 0 Å². The van der Waals surface area contributed by atoms with Crippen LogP contribution in [-0.4, -0.2) is 45.5 Å². The van der Waals surface area contributed by atoms with Crippen LogP contribution in [0.4, 0.5) is 0 Å². The van der Waals surface area contributed by atoms with Crippen molar-refractivity contribution < 1.29 is 9.53 Å². The fraction of sp³-hybridized carbons (Fsp3) is 0.250. The van der Waals surface area contributed by atoms with Crippen LogP contribution in [0.15, 0.2) is 77.3 Å². The number of carbonyl (C=O) groups excluding carboxylic acids is 1. The summed E-state index contributed by atoms with van der Waals surface area (Å²) in [6, 6.07) is 16.0. The maximum Gasteiger partial charge on any atom is 0.286 e. The Morgan fingerprint density at radius 1 is 1.11 bits per heavy atom. The van der Waals surface area contributed by atoms with Crippen molar-refractivity contribution in [2.24, 2.45) is 4.99 Å². The summed E-state index contributed by atoms with van der Waals surface area (Å²) in [6.45, 7) is 8.11. The van der Waals surface area contributed by atoms with Crippen molar-refractivity contribution in [2.45, 2.75) is 26.2 Å². The van der Waals surface area contributed by atoms with Crippen molar-refractivity contribution in [3.05, 3.63) is 83.4 Å². The lowest BCUT2D eigenvalue weighted by molar-refractivity contribution is -0.113. The van der Waals surface area contributed by atoms with E-state index < -0.39 is 0 Å². The third-order valence-electron chi connectivity index (χ3n) is 6.09. The molecule has 0 saturated carbocycles. The monoisotopic (exact) mass is 484 g/mol. The molecule has 2 aromatic carbocycles. The number of piperidine rings is 1. The molecular formula is C28H28N4O2S. The molecule has 7 heteroatoms. The van der Waals surface area contributed by atoms with Crippen LogP contribution in [0.1, 0.15) is 30.4 Å². The van der Waals surface area contributed by atoms with E-state index in [4.69, 9.17) is 9.84 Å². The third-order valence-corrected chi connectivity index (χ3v) is 7.14. The highest BCUT2D eigenvalue weighted by Gasteiger charge is 2.27. The molecule has 35 heavy (non-hydrogen) atoms. The Morgan fingerprint density at radius 2 is 1.91 bits per heavy atom. The highest BCUT2D eigenvalue weighted by atomic mass is 32.2. The van der Waals surface area contributed by atoms with Gasteiger partial charge in [0.05, 0.1) is 10.6 Å². The zero-order valence-electron chi connectivity index (χ0n) is 19.8. The molecule has 1 aromatic heterocycles. The van der Waals surface area contributed by atoms with E-state index in [-0.39, 0.29) is 5.91 Å². The summed E-state index contributed by atoms with van der Waals surface area (Å²) in [4.78, 5) is 20.0. The second-order valence-corrected chi connectivity index (χ2v) is 9.66. The van der Waals surface area contributed by atoms with Gasteiger partial charge in [0.15, 0.2) is 5.17 Å². The fourth-order valence-corrected chi connectivity index (χ4v) is 5.25. The van der Waals surface area contributed by atoms with Crippen LogP contribution in [0.5, 0.6) is 5.75 Å². The number of amides is 1. The molecule has 3 aromatic rings. The number of hydrogen-bond donors (Lipinski definition) is 0. The van der Waals surface area contributed by atoms with Crippen molar-refractivity contribution in [1.82, 2.24) is 14.7 Å². The number of aromatic nitrogens is 2. The number of aryl methyl sites for hydroxylation is 1. The summed E-state index contributed by atoms with van der Waals surface area (Å²) in [5, 5.41) is 5.72.